The molecule has 1 aromatic heterocycles. The minimum atomic E-state index is -0.144. The summed E-state index contributed by atoms with van der Waals surface area (Å²) in [5.41, 5.74) is 6.03. The predicted octanol–water partition coefficient (Wildman–Crippen LogP) is 5.99. The third kappa shape index (κ3) is 3.41. The van der Waals surface area contributed by atoms with Gasteiger partial charge >= 0.3 is 6.01 Å². The third-order valence-corrected chi connectivity index (χ3v) is 7.40. The number of fused-ring (bicyclic) bond motifs is 4. The van der Waals surface area contributed by atoms with E-state index in [1.165, 1.54) is 16.7 Å². The highest BCUT2D eigenvalue weighted by Crippen LogP contribution is 2.55. The molecule has 0 fully saturated rings. The smallest absolute Gasteiger partial charge is 0.345 e. The van der Waals surface area contributed by atoms with Gasteiger partial charge in [0.2, 0.25) is 0 Å². The minimum Gasteiger partial charge on any atom is -0.423 e. The van der Waals surface area contributed by atoms with E-state index in [-0.39, 0.29) is 11.2 Å². The molecular formula is C27H25FN4O. The lowest BCUT2D eigenvalue weighted by Gasteiger charge is -2.31. The lowest BCUT2D eigenvalue weighted by Crippen LogP contribution is -2.24. The Kier molecular flexibility index (Phi) is 4.57. The third-order valence-electron chi connectivity index (χ3n) is 7.40. The van der Waals surface area contributed by atoms with Crippen molar-refractivity contribution in [1.29, 1.82) is 0 Å². The average Bonchev–Trinajstić information content (AvgIpc) is 3.33. The first-order valence-electron chi connectivity index (χ1n) is 11.4. The van der Waals surface area contributed by atoms with Gasteiger partial charge in [-0.1, -0.05) is 49.3 Å². The quantitative estimate of drug-likeness (QED) is 0.393. The number of ether oxygens (including phenoxy) is 1. The van der Waals surface area contributed by atoms with Crippen molar-refractivity contribution in [2.24, 2.45) is 5.41 Å². The van der Waals surface area contributed by atoms with Crippen LogP contribution in [0.15, 0.2) is 66.7 Å². The summed E-state index contributed by atoms with van der Waals surface area (Å²) < 4.78 is 21.7. The van der Waals surface area contributed by atoms with E-state index in [1.807, 2.05) is 42.5 Å². The van der Waals surface area contributed by atoms with Crippen LogP contribution >= 0.6 is 0 Å². The van der Waals surface area contributed by atoms with E-state index in [1.54, 1.807) is 16.8 Å². The molecule has 166 valence electrons. The zero-order chi connectivity index (χ0) is 22.6. The van der Waals surface area contributed by atoms with Crippen LogP contribution in [0.2, 0.25) is 0 Å². The number of benzene rings is 3. The summed E-state index contributed by atoms with van der Waals surface area (Å²) in [5, 5.41) is 12.0. The van der Waals surface area contributed by atoms with Gasteiger partial charge in [0.25, 0.3) is 0 Å². The Morgan fingerprint density at radius 2 is 1.73 bits per heavy atom. The Morgan fingerprint density at radius 3 is 2.55 bits per heavy atom. The maximum absolute atomic E-state index is 13.9. The Hall–Kier alpha value is -3.54. The van der Waals surface area contributed by atoms with Crippen molar-refractivity contribution >= 4 is 0 Å². The number of rotatable bonds is 3. The molecular weight excluding hydrogens is 415 g/mol. The second kappa shape index (κ2) is 7.51. The molecule has 2 aliphatic carbocycles. The summed E-state index contributed by atoms with van der Waals surface area (Å²) in [6.07, 6.45) is 2.89. The monoisotopic (exact) mass is 440 g/mol. The molecule has 0 amide bonds. The van der Waals surface area contributed by atoms with E-state index >= 15 is 0 Å². The molecule has 3 unspecified atom stereocenters. The van der Waals surface area contributed by atoms with Crippen LogP contribution in [0.25, 0.3) is 5.69 Å². The SMILES string of the molecule is CC1CC2c3ccc(F)cc3CC2(C)Cc2cc(Oc3nnnn3-c3ccccc3)ccc21. The Morgan fingerprint density at radius 1 is 0.970 bits per heavy atom. The van der Waals surface area contributed by atoms with Crippen LogP contribution in [0.5, 0.6) is 11.8 Å². The molecule has 0 saturated heterocycles. The van der Waals surface area contributed by atoms with Crippen molar-refractivity contribution in [1.82, 2.24) is 20.2 Å². The van der Waals surface area contributed by atoms with Gasteiger partial charge in [0, 0.05) is 0 Å². The van der Waals surface area contributed by atoms with Crippen LogP contribution in [0.3, 0.4) is 0 Å². The van der Waals surface area contributed by atoms with Gasteiger partial charge in [0.05, 0.1) is 5.69 Å². The normalized spacial score (nSPS) is 23.4. The summed E-state index contributed by atoms with van der Waals surface area (Å²) in [6.45, 7) is 4.64. The first-order chi connectivity index (χ1) is 16.0. The number of halogens is 1. The summed E-state index contributed by atoms with van der Waals surface area (Å²) >= 11 is 0. The summed E-state index contributed by atoms with van der Waals surface area (Å²) in [4.78, 5) is 0. The van der Waals surface area contributed by atoms with E-state index in [0.29, 0.717) is 17.8 Å². The van der Waals surface area contributed by atoms with Gasteiger partial charge in [-0.3, -0.25) is 0 Å². The molecule has 3 aromatic carbocycles. The standard InChI is InChI=1S/C27H25FN4O/c1-17-12-25-24-10-8-20(28)13-18(24)15-27(25,2)16-19-14-22(9-11-23(17)19)33-26-29-30-31-32(26)21-6-4-3-5-7-21/h3-11,13-14,17,25H,12,15-16H2,1-2H3. The van der Waals surface area contributed by atoms with Crippen LogP contribution < -0.4 is 4.74 Å². The average molecular weight is 441 g/mol. The molecule has 0 radical (unpaired) electrons. The molecule has 5 nitrogen and oxygen atoms in total. The maximum atomic E-state index is 13.9. The van der Waals surface area contributed by atoms with E-state index in [0.717, 1.165) is 36.3 Å². The first kappa shape index (κ1) is 20.1. The van der Waals surface area contributed by atoms with Gasteiger partial charge in [-0.2, -0.15) is 4.68 Å². The first-order valence-corrected chi connectivity index (χ1v) is 11.4. The maximum Gasteiger partial charge on any atom is 0.345 e. The Bertz CT molecular complexity index is 1340. The van der Waals surface area contributed by atoms with Gasteiger partial charge < -0.3 is 4.74 Å². The largest absolute Gasteiger partial charge is 0.423 e. The molecule has 6 heteroatoms. The van der Waals surface area contributed by atoms with E-state index in [9.17, 15) is 4.39 Å². The molecule has 3 atom stereocenters. The van der Waals surface area contributed by atoms with Gasteiger partial charge in [0.1, 0.15) is 11.6 Å². The van der Waals surface area contributed by atoms with Crippen molar-refractivity contribution in [3.8, 4) is 17.4 Å². The Balaban J connectivity index is 1.33. The van der Waals surface area contributed by atoms with Gasteiger partial charge in [-0.05, 0) is 106 Å². The van der Waals surface area contributed by atoms with Crippen LogP contribution in [-0.2, 0) is 12.8 Å². The molecule has 1 heterocycles. The van der Waals surface area contributed by atoms with Crippen molar-refractivity contribution in [3.05, 3.63) is 94.8 Å². The van der Waals surface area contributed by atoms with E-state index in [2.05, 4.69) is 41.5 Å². The van der Waals surface area contributed by atoms with Crippen molar-refractivity contribution in [3.63, 3.8) is 0 Å². The van der Waals surface area contributed by atoms with Crippen molar-refractivity contribution in [2.45, 2.75) is 44.9 Å². The fourth-order valence-corrected chi connectivity index (χ4v) is 5.87. The van der Waals surface area contributed by atoms with Crippen molar-refractivity contribution in [2.75, 3.05) is 0 Å². The lowest BCUT2D eigenvalue weighted by molar-refractivity contribution is 0.265. The summed E-state index contributed by atoms with van der Waals surface area (Å²) in [5.74, 6) is 1.40. The lowest BCUT2D eigenvalue weighted by atomic mass is 9.73. The second-order valence-corrected chi connectivity index (χ2v) is 9.71. The highest BCUT2D eigenvalue weighted by atomic mass is 19.1. The molecule has 2 aliphatic rings. The number of tetrazole rings is 1. The zero-order valence-electron chi connectivity index (χ0n) is 18.7. The van der Waals surface area contributed by atoms with Crippen LogP contribution in [0.4, 0.5) is 4.39 Å². The zero-order valence-corrected chi connectivity index (χ0v) is 18.7. The summed E-state index contributed by atoms with van der Waals surface area (Å²) in [7, 11) is 0. The molecule has 0 aliphatic heterocycles. The number of para-hydroxylation sites is 1. The second-order valence-electron chi connectivity index (χ2n) is 9.71. The molecule has 6 rings (SSSR count). The fraction of sp³-hybridized carbons (Fsp3) is 0.296. The fourth-order valence-electron chi connectivity index (χ4n) is 5.87. The van der Waals surface area contributed by atoms with Crippen LogP contribution in [0.1, 0.15) is 54.4 Å². The van der Waals surface area contributed by atoms with Gasteiger partial charge in [-0.15, -0.1) is 0 Å². The van der Waals surface area contributed by atoms with E-state index < -0.39 is 0 Å². The van der Waals surface area contributed by atoms with Gasteiger partial charge in [-0.25, -0.2) is 4.39 Å². The molecule has 0 saturated carbocycles. The van der Waals surface area contributed by atoms with Crippen molar-refractivity contribution < 1.29 is 9.13 Å². The van der Waals surface area contributed by atoms with Crippen LogP contribution in [0, 0.1) is 11.2 Å². The number of hydrogen-bond donors (Lipinski definition) is 0. The minimum absolute atomic E-state index is 0.0554. The topological polar surface area (TPSA) is 52.8 Å². The number of nitrogens with zero attached hydrogens (tertiary/aromatic N) is 4. The Labute approximate surface area is 192 Å². The van der Waals surface area contributed by atoms with Gasteiger partial charge in [0.15, 0.2) is 0 Å². The molecule has 0 bridgehead atoms. The van der Waals surface area contributed by atoms with E-state index in [4.69, 9.17) is 4.74 Å². The molecule has 33 heavy (non-hydrogen) atoms. The highest BCUT2D eigenvalue weighted by molar-refractivity contribution is 5.46. The molecule has 0 N–H and O–H groups in total. The highest BCUT2D eigenvalue weighted by Gasteiger charge is 2.45. The number of aromatic nitrogens is 4. The number of hydrogen-bond acceptors (Lipinski definition) is 4. The molecule has 0 spiro atoms. The predicted molar refractivity (Wildman–Crippen MR) is 123 cm³/mol. The summed E-state index contributed by atoms with van der Waals surface area (Å²) in [6, 6.07) is 21.7. The molecule has 4 aromatic rings. The van der Waals surface area contributed by atoms with Crippen LogP contribution in [-0.4, -0.2) is 20.2 Å².